The van der Waals surface area contributed by atoms with Gasteiger partial charge >= 0.3 is 0 Å². The molecule has 1 aliphatic carbocycles. The minimum atomic E-state index is -2.95. The van der Waals surface area contributed by atoms with Crippen LogP contribution in [0, 0.1) is 0 Å². The smallest absolute Gasteiger partial charge is 0.148 e. The van der Waals surface area contributed by atoms with E-state index in [1.807, 2.05) is 6.92 Å². The van der Waals surface area contributed by atoms with E-state index in [4.69, 9.17) is 0 Å². The fraction of sp³-hybridized carbons (Fsp3) is 1.00. The highest BCUT2D eigenvalue weighted by atomic mass is 32.2. The molecule has 1 rings (SSSR count). The highest BCUT2D eigenvalue weighted by Gasteiger charge is 2.28. The van der Waals surface area contributed by atoms with E-state index in [1.54, 1.807) is 0 Å². The van der Waals surface area contributed by atoms with Crippen molar-refractivity contribution in [2.45, 2.75) is 57.1 Å². The molecule has 0 saturated heterocycles. The molecule has 4 nitrogen and oxygen atoms in total. The van der Waals surface area contributed by atoms with Gasteiger partial charge in [-0.1, -0.05) is 25.7 Å². The lowest BCUT2D eigenvalue weighted by molar-refractivity contribution is 0.0237. The Morgan fingerprint density at radius 3 is 2.24 bits per heavy atom. The van der Waals surface area contributed by atoms with E-state index in [1.165, 1.54) is 19.1 Å². The maximum atomic E-state index is 11.1. The monoisotopic (exact) mass is 263 g/mol. The van der Waals surface area contributed by atoms with Gasteiger partial charge in [0.15, 0.2) is 0 Å². The molecule has 1 aliphatic rings. The van der Waals surface area contributed by atoms with Crippen LogP contribution in [0.1, 0.15) is 45.4 Å². The maximum absolute atomic E-state index is 11.1. The Hall–Kier alpha value is -0.130. The third-order valence-electron chi connectivity index (χ3n) is 3.37. The zero-order valence-electron chi connectivity index (χ0n) is 10.9. The van der Waals surface area contributed by atoms with E-state index in [0.717, 1.165) is 25.7 Å². The lowest BCUT2D eigenvalue weighted by Crippen LogP contribution is -2.45. The third-order valence-corrected chi connectivity index (χ3v) is 4.47. The molecule has 0 aromatic heterocycles. The van der Waals surface area contributed by atoms with Crippen molar-refractivity contribution in [1.29, 1.82) is 0 Å². The summed E-state index contributed by atoms with van der Waals surface area (Å²) in [6.07, 6.45) is 7.42. The first kappa shape index (κ1) is 14.9. The zero-order valence-corrected chi connectivity index (χ0v) is 11.7. The summed E-state index contributed by atoms with van der Waals surface area (Å²) in [5.41, 5.74) is -0.637. The summed E-state index contributed by atoms with van der Waals surface area (Å²) < 4.78 is 22.3. The van der Waals surface area contributed by atoms with Crippen LogP contribution < -0.4 is 5.32 Å². The van der Waals surface area contributed by atoms with Crippen molar-refractivity contribution in [3.63, 3.8) is 0 Å². The van der Waals surface area contributed by atoms with Crippen LogP contribution in [0.4, 0.5) is 0 Å². The molecule has 0 aromatic rings. The largest absolute Gasteiger partial charge is 0.389 e. The summed E-state index contributed by atoms with van der Waals surface area (Å²) in [6, 6.07) is -0.0997. The van der Waals surface area contributed by atoms with E-state index < -0.39 is 15.4 Å². The first-order chi connectivity index (χ1) is 7.81. The molecule has 5 heteroatoms. The molecule has 0 heterocycles. The van der Waals surface area contributed by atoms with E-state index in [0.29, 0.717) is 6.54 Å². The van der Waals surface area contributed by atoms with Crippen molar-refractivity contribution in [2.24, 2.45) is 0 Å². The van der Waals surface area contributed by atoms with Crippen molar-refractivity contribution in [2.75, 3.05) is 18.6 Å². The van der Waals surface area contributed by atoms with Crippen molar-refractivity contribution < 1.29 is 13.5 Å². The van der Waals surface area contributed by atoms with Gasteiger partial charge in [-0.25, -0.2) is 8.42 Å². The maximum Gasteiger partial charge on any atom is 0.148 e. The summed E-state index contributed by atoms with van der Waals surface area (Å²) >= 11 is 0. The number of nitrogens with one attached hydrogen (secondary N) is 1. The van der Waals surface area contributed by atoms with Gasteiger partial charge in [0, 0.05) is 18.8 Å². The average Bonchev–Trinajstić information content (AvgIpc) is 2.38. The predicted molar refractivity (Wildman–Crippen MR) is 69.8 cm³/mol. The van der Waals surface area contributed by atoms with E-state index in [-0.39, 0.29) is 11.8 Å². The van der Waals surface area contributed by atoms with Crippen LogP contribution in [0.2, 0.25) is 0 Å². The number of aliphatic hydroxyl groups is 1. The Bertz CT molecular complexity index is 319. The van der Waals surface area contributed by atoms with Crippen LogP contribution in [-0.4, -0.2) is 43.7 Å². The van der Waals surface area contributed by atoms with Gasteiger partial charge in [0.1, 0.15) is 9.84 Å². The summed E-state index contributed by atoms with van der Waals surface area (Å²) in [4.78, 5) is 0. The molecule has 0 spiro atoms. The highest BCUT2D eigenvalue weighted by Crippen LogP contribution is 2.26. The molecule has 0 radical (unpaired) electrons. The number of hydrogen-bond donors (Lipinski definition) is 2. The summed E-state index contributed by atoms with van der Waals surface area (Å²) in [5.74, 6) is 0.128. The second-order valence-corrected chi connectivity index (χ2v) is 7.70. The highest BCUT2D eigenvalue weighted by molar-refractivity contribution is 7.90. The quantitative estimate of drug-likeness (QED) is 0.729. The fourth-order valence-electron chi connectivity index (χ4n) is 2.44. The summed E-state index contributed by atoms with van der Waals surface area (Å²) in [7, 11) is -2.95. The molecule has 0 aliphatic heterocycles. The molecule has 2 N–H and O–H groups in total. The number of hydrogen-bond acceptors (Lipinski definition) is 4. The summed E-state index contributed by atoms with van der Waals surface area (Å²) in [5, 5.41) is 13.5. The van der Waals surface area contributed by atoms with Gasteiger partial charge in [-0.05, 0) is 19.8 Å². The van der Waals surface area contributed by atoms with Gasteiger partial charge in [-0.2, -0.15) is 0 Å². The third kappa shape index (κ3) is 6.38. The Morgan fingerprint density at radius 2 is 1.76 bits per heavy atom. The van der Waals surface area contributed by atoms with Gasteiger partial charge in [0.05, 0.1) is 11.4 Å². The molecule has 1 unspecified atom stereocenters. The van der Waals surface area contributed by atoms with Crippen molar-refractivity contribution in [3.8, 4) is 0 Å². The Balaban J connectivity index is 2.37. The van der Waals surface area contributed by atoms with Crippen molar-refractivity contribution in [3.05, 3.63) is 0 Å². The lowest BCUT2D eigenvalue weighted by atomic mass is 9.94. The average molecular weight is 263 g/mol. The van der Waals surface area contributed by atoms with Crippen molar-refractivity contribution >= 4 is 9.84 Å². The first-order valence-corrected chi connectivity index (χ1v) is 8.50. The second kappa shape index (κ2) is 6.16. The normalized spacial score (nSPS) is 23.0. The van der Waals surface area contributed by atoms with E-state index in [9.17, 15) is 13.5 Å². The van der Waals surface area contributed by atoms with Gasteiger partial charge in [-0.15, -0.1) is 0 Å². The van der Waals surface area contributed by atoms with Gasteiger partial charge in [0.2, 0.25) is 0 Å². The standard InChI is InChI=1S/C12H25NO3S/c1-11(9-17(2,15)16)13-10-12(14)7-5-3-4-6-8-12/h11,13-14H,3-10H2,1-2H3. The van der Waals surface area contributed by atoms with Gasteiger partial charge < -0.3 is 10.4 Å². The summed E-state index contributed by atoms with van der Waals surface area (Å²) in [6.45, 7) is 2.35. The number of rotatable bonds is 5. The Labute approximate surface area is 105 Å². The Kier molecular flexibility index (Phi) is 5.41. The van der Waals surface area contributed by atoms with Crippen LogP contribution in [0.25, 0.3) is 0 Å². The minimum Gasteiger partial charge on any atom is -0.389 e. The van der Waals surface area contributed by atoms with Crippen molar-refractivity contribution in [1.82, 2.24) is 5.32 Å². The van der Waals surface area contributed by atoms with Gasteiger partial charge in [0.25, 0.3) is 0 Å². The molecular formula is C12H25NO3S. The second-order valence-electron chi connectivity index (χ2n) is 5.51. The van der Waals surface area contributed by atoms with E-state index in [2.05, 4.69) is 5.32 Å². The molecule has 102 valence electrons. The molecule has 1 atom stereocenters. The molecule has 17 heavy (non-hydrogen) atoms. The van der Waals surface area contributed by atoms with Crippen LogP contribution in [0.5, 0.6) is 0 Å². The molecule has 0 amide bonds. The molecule has 1 saturated carbocycles. The van der Waals surface area contributed by atoms with Gasteiger partial charge in [-0.3, -0.25) is 0 Å². The number of sulfone groups is 1. The molecule has 0 aromatic carbocycles. The minimum absolute atomic E-state index is 0.0997. The van der Waals surface area contributed by atoms with Crippen LogP contribution >= 0.6 is 0 Å². The molecular weight excluding hydrogens is 238 g/mol. The van der Waals surface area contributed by atoms with E-state index >= 15 is 0 Å². The molecule has 1 fully saturated rings. The van der Waals surface area contributed by atoms with Crippen LogP contribution in [0.15, 0.2) is 0 Å². The topological polar surface area (TPSA) is 66.4 Å². The Morgan fingerprint density at radius 1 is 1.24 bits per heavy atom. The SMILES string of the molecule is CC(CS(C)(=O)=O)NCC1(O)CCCCCC1. The lowest BCUT2D eigenvalue weighted by Gasteiger charge is -2.28. The van der Waals surface area contributed by atoms with Crippen LogP contribution in [-0.2, 0) is 9.84 Å². The van der Waals surface area contributed by atoms with Crippen LogP contribution in [0.3, 0.4) is 0 Å². The predicted octanol–water partition coefficient (Wildman–Crippen LogP) is 1.09. The molecule has 0 bridgehead atoms. The first-order valence-electron chi connectivity index (χ1n) is 6.44. The zero-order chi connectivity index (χ0) is 12.9. The fourth-order valence-corrected chi connectivity index (χ4v) is 3.47.